The van der Waals surface area contributed by atoms with E-state index >= 15 is 0 Å². The summed E-state index contributed by atoms with van der Waals surface area (Å²) in [6.07, 6.45) is 7.45. The van der Waals surface area contributed by atoms with Crippen molar-refractivity contribution in [1.82, 2.24) is 4.98 Å². The van der Waals surface area contributed by atoms with Gasteiger partial charge in [0.15, 0.2) is 0 Å². The zero-order valence-electron chi connectivity index (χ0n) is 10.7. The van der Waals surface area contributed by atoms with Crippen molar-refractivity contribution in [2.75, 3.05) is 0 Å². The van der Waals surface area contributed by atoms with E-state index in [1.807, 2.05) is 12.3 Å². The number of aromatic nitrogens is 1. The highest BCUT2D eigenvalue weighted by Gasteiger charge is 2.30. The van der Waals surface area contributed by atoms with Crippen molar-refractivity contribution >= 4 is 5.78 Å². The van der Waals surface area contributed by atoms with E-state index in [2.05, 4.69) is 24.9 Å². The molecule has 2 nitrogen and oxygen atoms in total. The Bertz CT molecular complexity index is 372. The molecule has 1 aliphatic carbocycles. The van der Waals surface area contributed by atoms with Crippen LogP contribution in [0.5, 0.6) is 0 Å². The Labute approximate surface area is 103 Å². The molecule has 1 aliphatic rings. The first-order valence-electron chi connectivity index (χ1n) is 6.58. The number of ketones is 1. The zero-order chi connectivity index (χ0) is 12.3. The lowest BCUT2D eigenvalue weighted by molar-refractivity contribution is -0.125. The van der Waals surface area contributed by atoms with Gasteiger partial charge in [-0.15, -0.1) is 0 Å². The van der Waals surface area contributed by atoms with Crippen molar-refractivity contribution < 1.29 is 4.79 Å². The molecule has 0 saturated heterocycles. The van der Waals surface area contributed by atoms with E-state index in [-0.39, 0.29) is 5.92 Å². The molecule has 17 heavy (non-hydrogen) atoms. The van der Waals surface area contributed by atoms with E-state index in [9.17, 15) is 4.79 Å². The van der Waals surface area contributed by atoms with Gasteiger partial charge in [0.25, 0.3) is 0 Å². The van der Waals surface area contributed by atoms with E-state index in [0.717, 1.165) is 31.6 Å². The third kappa shape index (κ3) is 3.15. The summed E-state index contributed by atoms with van der Waals surface area (Å²) in [5.74, 6) is 2.08. The molecule has 1 aromatic rings. The molecule has 0 amide bonds. The largest absolute Gasteiger partial charge is 0.299 e. The lowest BCUT2D eigenvalue weighted by atomic mass is 9.74. The number of carbonyl (C=O) groups excluding carboxylic acids is 1. The number of Topliss-reactive ketones (excluding diaryl/α,β-unsaturated/α-hetero) is 1. The van der Waals surface area contributed by atoms with E-state index in [1.165, 1.54) is 5.56 Å². The first-order valence-corrected chi connectivity index (χ1v) is 6.58. The van der Waals surface area contributed by atoms with Crippen molar-refractivity contribution in [2.24, 2.45) is 17.8 Å². The highest BCUT2D eigenvalue weighted by molar-refractivity contribution is 5.82. The molecule has 0 spiro atoms. The first kappa shape index (κ1) is 12.3. The van der Waals surface area contributed by atoms with Gasteiger partial charge in [-0.25, -0.2) is 0 Å². The van der Waals surface area contributed by atoms with Gasteiger partial charge < -0.3 is 0 Å². The van der Waals surface area contributed by atoms with Crippen LogP contribution in [0.1, 0.15) is 38.7 Å². The predicted octanol–water partition coefficient (Wildman–Crippen LogP) is 3.27. The molecular formula is C15H21NO. The fraction of sp³-hybridized carbons (Fsp3) is 0.600. The molecule has 0 N–H and O–H groups in total. The van der Waals surface area contributed by atoms with Gasteiger partial charge in [0.05, 0.1) is 0 Å². The lowest BCUT2D eigenvalue weighted by Crippen LogP contribution is -2.28. The Morgan fingerprint density at radius 3 is 2.94 bits per heavy atom. The number of hydrogen-bond donors (Lipinski definition) is 0. The second kappa shape index (κ2) is 5.44. The summed E-state index contributed by atoms with van der Waals surface area (Å²) in [6, 6.07) is 4.02. The van der Waals surface area contributed by atoms with Crippen molar-refractivity contribution in [3.8, 4) is 0 Å². The molecule has 1 saturated carbocycles. The third-order valence-electron chi connectivity index (χ3n) is 3.95. The smallest absolute Gasteiger partial charge is 0.136 e. The molecule has 0 bridgehead atoms. The lowest BCUT2D eigenvalue weighted by Gasteiger charge is -2.30. The van der Waals surface area contributed by atoms with Gasteiger partial charge in [0.1, 0.15) is 5.78 Å². The molecule has 2 atom stereocenters. The first-order chi connectivity index (χ1) is 8.16. The number of rotatable bonds is 3. The summed E-state index contributed by atoms with van der Waals surface area (Å²) >= 11 is 0. The molecule has 0 aromatic carbocycles. The maximum absolute atomic E-state index is 11.9. The molecule has 2 rings (SSSR count). The van der Waals surface area contributed by atoms with Gasteiger partial charge in [0, 0.05) is 24.7 Å². The maximum atomic E-state index is 11.9. The highest BCUT2D eigenvalue weighted by atomic mass is 16.1. The molecule has 92 valence electrons. The number of nitrogens with zero attached hydrogens (tertiary/aromatic N) is 1. The van der Waals surface area contributed by atoms with Crippen LogP contribution in [0, 0.1) is 17.8 Å². The minimum atomic E-state index is 0.223. The number of pyridine rings is 1. The normalized spacial score (nSPS) is 25.2. The Morgan fingerprint density at radius 1 is 1.47 bits per heavy atom. The van der Waals surface area contributed by atoms with Gasteiger partial charge in [0.2, 0.25) is 0 Å². The van der Waals surface area contributed by atoms with Crippen molar-refractivity contribution in [2.45, 2.75) is 39.5 Å². The summed E-state index contributed by atoms with van der Waals surface area (Å²) in [5, 5.41) is 0. The minimum absolute atomic E-state index is 0.223. The van der Waals surface area contributed by atoms with Crippen LogP contribution < -0.4 is 0 Å². The second-order valence-corrected chi connectivity index (χ2v) is 5.51. The average Bonchev–Trinajstić information content (AvgIpc) is 2.33. The van der Waals surface area contributed by atoms with Crippen molar-refractivity contribution in [3.05, 3.63) is 30.1 Å². The quantitative estimate of drug-likeness (QED) is 0.799. The van der Waals surface area contributed by atoms with Gasteiger partial charge in [-0.05, 0) is 42.7 Å². The van der Waals surface area contributed by atoms with Crippen molar-refractivity contribution in [1.29, 1.82) is 0 Å². The summed E-state index contributed by atoms with van der Waals surface area (Å²) in [4.78, 5) is 16.1. The summed E-state index contributed by atoms with van der Waals surface area (Å²) in [5.41, 5.74) is 1.19. The van der Waals surface area contributed by atoms with Crippen LogP contribution in [0.15, 0.2) is 24.5 Å². The van der Waals surface area contributed by atoms with Crippen LogP contribution in [-0.4, -0.2) is 10.8 Å². The average molecular weight is 231 g/mol. The van der Waals surface area contributed by atoms with E-state index in [1.54, 1.807) is 6.20 Å². The van der Waals surface area contributed by atoms with Gasteiger partial charge >= 0.3 is 0 Å². The van der Waals surface area contributed by atoms with Crippen LogP contribution in [0.25, 0.3) is 0 Å². The monoisotopic (exact) mass is 231 g/mol. The molecule has 1 heterocycles. The maximum Gasteiger partial charge on any atom is 0.136 e. The molecule has 2 heteroatoms. The summed E-state index contributed by atoms with van der Waals surface area (Å²) in [6.45, 7) is 4.53. The van der Waals surface area contributed by atoms with E-state index in [0.29, 0.717) is 11.7 Å². The Hall–Kier alpha value is -1.18. The summed E-state index contributed by atoms with van der Waals surface area (Å²) in [7, 11) is 0. The standard InChI is InChI=1S/C15H21NO/c1-11(2)13-5-6-15(17)14(9-13)8-12-4-3-7-16-10-12/h3-4,7,10-11,13-14H,5-6,8-9H2,1-2H3. The van der Waals surface area contributed by atoms with Gasteiger partial charge in [-0.2, -0.15) is 0 Å². The highest BCUT2D eigenvalue weighted by Crippen LogP contribution is 2.33. The zero-order valence-corrected chi connectivity index (χ0v) is 10.7. The van der Waals surface area contributed by atoms with Crippen molar-refractivity contribution in [3.63, 3.8) is 0 Å². The fourth-order valence-electron chi connectivity index (χ4n) is 2.75. The Balaban J connectivity index is 2.01. The SMILES string of the molecule is CC(C)C1CCC(=O)C(Cc2cccnc2)C1. The third-order valence-corrected chi connectivity index (χ3v) is 3.95. The molecule has 1 fully saturated rings. The van der Waals surface area contributed by atoms with E-state index < -0.39 is 0 Å². The van der Waals surface area contributed by atoms with Crippen LogP contribution in [0.3, 0.4) is 0 Å². The molecule has 0 radical (unpaired) electrons. The molecule has 1 aromatic heterocycles. The van der Waals surface area contributed by atoms with Crippen LogP contribution in [0.4, 0.5) is 0 Å². The predicted molar refractivity (Wildman–Crippen MR) is 68.6 cm³/mol. The number of hydrogen-bond acceptors (Lipinski definition) is 2. The molecule has 2 unspecified atom stereocenters. The minimum Gasteiger partial charge on any atom is -0.299 e. The fourth-order valence-corrected chi connectivity index (χ4v) is 2.75. The van der Waals surface area contributed by atoms with Gasteiger partial charge in [-0.1, -0.05) is 19.9 Å². The number of carbonyl (C=O) groups is 1. The molecular weight excluding hydrogens is 210 g/mol. The van der Waals surface area contributed by atoms with E-state index in [4.69, 9.17) is 0 Å². The van der Waals surface area contributed by atoms with Crippen LogP contribution >= 0.6 is 0 Å². The topological polar surface area (TPSA) is 30.0 Å². The summed E-state index contributed by atoms with van der Waals surface area (Å²) < 4.78 is 0. The Kier molecular flexibility index (Phi) is 3.93. The van der Waals surface area contributed by atoms with Crippen LogP contribution in [-0.2, 0) is 11.2 Å². The second-order valence-electron chi connectivity index (χ2n) is 5.51. The van der Waals surface area contributed by atoms with Crippen LogP contribution in [0.2, 0.25) is 0 Å². The Morgan fingerprint density at radius 2 is 2.29 bits per heavy atom. The molecule has 0 aliphatic heterocycles. The van der Waals surface area contributed by atoms with Gasteiger partial charge in [-0.3, -0.25) is 9.78 Å².